The van der Waals surface area contributed by atoms with E-state index in [9.17, 15) is 4.79 Å². The molecule has 2 aromatic rings. The van der Waals surface area contributed by atoms with E-state index >= 15 is 0 Å². The van der Waals surface area contributed by atoms with Crippen LogP contribution in [0.1, 0.15) is 30.8 Å². The van der Waals surface area contributed by atoms with Crippen LogP contribution in [0.3, 0.4) is 0 Å². The van der Waals surface area contributed by atoms with E-state index in [2.05, 4.69) is 15.0 Å². The van der Waals surface area contributed by atoms with E-state index in [-0.39, 0.29) is 0 Å². The Morgan fingerprint density at radius 1 is 1.50 bits per heavy atom. The van der Waals surface area contributed by atoms with Gasteiger partial charge < -0.3 is 10.1 Å². The normalized spacial score (nSPS) is 12.3. The van der Waals surface area contributed by atoms with Crippen LogP contribution < -0.4 is 0 Å². The van der Waals surface area contributed by atoms with Crippen LogP contribution in [0.25, 0.3) is 11.4 Å². The minimum atomic E-state index is -0.862. The molecular weight excluding hydrogens is 230 g/mol. The van der Waals surface area contributed by atoms with Gasteiger partial charge in [-0.3, -0.25) is 9.78 Å². The summed E-state index contributed by atoms with van der Waals surface area (Å²) in [6.07, 6.45) is 2.20. The Morgan fingerprint density at radius 3 is 2.83 bits per heavy atom. The van der Waals surface area contributed by atoms with Crippen LogP contribution in [-0.2, 0) is 4.79 Å². The van der Waals surface area contributed by atoms with Crippen molar-refractivity contribution in [2.75, 3.05) is 0 Å². The number of carboxylic acids is 1. The summed E-state index contributed by atoms with van der Waals surface area (Å²) in [6.45, 7) is 3.70. The van der Waals surface area contributed by atoms with E-state index in [1.165, 1.54) is 0 Å². The number of H-pyrrole nitrogens is 1. The number of nitrogens with zero attached hydrogens (tertiary/aromatic N) is 2. The minimum Gasteiger partial charge on any atom is -0.481 e. The van der Waals surface area contributed by atoms with Crippen LogP contribution in [0.4, 0.5) is 0 Å². The Labute approximate surface area is 105 Å². The molecule has 0 saturated heterocycles. The summed E-state index contributed by atoms with van der Waals surface area (Å²) in [7, 11) is 0. The van der Waals surface area contributed by atoms with E-state index in [1.54, 1.807) is 6.20 Å². The second kappa shape index (κ2) is 5.00. The van der Waals surface area contributed by atoms with Crippen LogP contribution >= 0.6 is 0 Å². The average Bonchev–Trinajstić information content (AvgIpc) is 2.73. The summed E-state index contributed by atoms with van der Waals surface area (Å²) in [6, 6.07) is 5.57. The summed E-state index contributed by atoms with van der Waals surface area (Å²) in [5, 5.41) is 9.12. The number of nitrogens with one attached hydrogen (secondary N) is 1. The lowest BCUT2D eigenvalue weighted by atomic mass is 10.1. The topological polar surface area (TPSA) is 78.9 Å². The Morgan fingerprint density at radius 2 is 2.28 bits per heavy atom. The van der Waals surface area contributed by atoms with E-state index in [1.807, 2.05) is 32.0 Å². The second-order valence-electron chi connectivity index (χ2n) is 4.11. The Balaban J connectivity index is 2.41. The van der Waals surface area contributed by atoms with Gasteiger partial charge in [-0.1, -0.05) is 13.0 Å². The molecule has 0 fully saturated rings. The maximum atomic E-state index is 11.1. The molecular formula is C13H15N3O2. The quantitative estimate of drug-likeness (QED) is 0.866. The smallest absolute Gasteiger partial charge is 0.314 e. The van der Waals surface area contributed by atoms with Crippen molar-refractivity contribution in [2.45, 2.75) is 26.2 Å². The van der Waals surface area contributed by atoms with E-state index in [4.69, 9.17) is 5.11 Å². The lowest BCUT2D eigenvalue weighted by Crippen LogP contribution is -2.12. The van der Waals surface area contributed by atoms with Crippen LogP contribution in [0.15, 0.2) is 24.4 Å². The maximum Gasteiger partial charge on any atom is 0.314 e. The lowest BCUT2D eigenvalue weighted by molar-refractivity contribution is -0.139. The zero-order chi connectivity index (χ0) is 13.1. The number of aliphatic carboxylic acids is 1. The van der Waals surface area contributed by atoms with Gasteiger partial charge in [-0.05, 0) is 25.5 Å². The van der Waals surface area contributed by atoms with Crippen molar-refractivity contribution in [1.82, 2.24) is 15.0 Å². The number of imidazole rings is 1. The van der Waals surface area contributed by atoms with Crippen molar-refractivity contribution in [2.24, 2.45) is 0 Å². The molecule has 2 heterocycles. The fraction of sp³-hybridized carbons (Fsp3) is 0.308. The van der Waals surface area contributed by atoms with Crippen molar-refractivity contribution in [3.05, 3.63) is 35.9 Å². The molecule has 18 heavy (non-hydrogen) atoms. The number of aryl methyl sites for hydroxylation is 1. The number of hydrogen-bond acceptors (Lipinski definition) is 3. The molecule has 5 nitrogen and oxygen atoms in total. The Kier molecular flexibility index (Phi) is 3.41. The van der Waals surface area contributed by atoms with Gasteiger partial charge in [0.25, 0.3) is 0 Å². The van der Waals surface area contributed by atoms with Gasteiger partial charge in [0.15, 0.2) is 0 Å². The summed E-state index contributed by atoms with van der Waals surface area (Å²) < 4.78 is 0. The van der Waals surface area contributed by atoms with Gasteiger partial charge in [0.05, 0.1) is 5.69 Å². The van der Waals surface area contributed by atoms with Gasteiger partial charge in [0.2, 0.25) is 0 Å². The summed E-state index contributed by atoms with van der Waals surface area (Å²) in [4.78, 5) is 22.8. The number of carboxylic acid groups (broad SMARTS) is 1. The van der Waals surface area contributed by atoms with Crippen molar-refractivity contribution in [3.8, 4) is 11.4 Å². The summed E-state index contributed by atoms with van der Waals surface area (Å²) >= 11 is 0. The first-order chi connectivity index (χ1) is 8.63. The highest BCUT2D eigenvalue weighted by atomic mass is 16.4. The highest BCUT2D eigenvalue weighted by Gasteiger charge is 2.22. The SMILES string of the molecule is CCC(C(=O)O)c1nc(-c2ccccn2)c(C)[nH]1. The van der Waals surface area contributed by atoms with Crippen LogP contribution in [0.5, 0.6) is 0 Å². The first-order valence-corrected chi connectivity index (χ1v) is 5.84. The molecule has 0 aliphatic carbocycles. The average molecular weight is 245 g/mol. The molecule has 0 spiro atoms. The predicted molar refractivity (Wildman–Crippen MR) is 67.2 cm³/mol. The molecule has 2 aromatic heterocycles. The highest BCUT2D eigenvalue weighted by Crippen LogP contribution is 2.23. The number of rotatable bonds is 4. The molecule has 2 rings (SSSR count). The molecule has 94 valence electrons. The van der Waals surface area contributed by atoms with Gasteiger partial charge in [-0.15, -0.1) is 0 Å². The van der Waals surface area contributed by atoms with Crippen molar-refractivity contribution in [3.63, 3.8) is 0 Å². The van der Waals surface area contributed by atoms with Gasteiger partial charge in [-0.25, -0.2) is 4.98 Å². The van der Waals surface area contributed by atoms with E-state index in [0.717, 1.165) is 11.4 Å². The van der Waals surface area contributed by atoms with Crippen molar-refractivity contribution < 1.29 is 9.90 Å². The molecule has 0 aliphatic rings. The summed E-state index contributed by atoms with van der Waals surface area (Å²) in [5.41, 5.74) is 2.30. The van der Waals surface area contributed by atoms with Crippen LogP contribution in [-0.4, -0.2) is 26.0 Å². The zero-order valence-electron chi connectivity index (χ0n) is 10.3. The molecule has 0 bridgehead atoms. The fourth-order valence-electron chi connectivity index (χ4n) is 1.89. The highest BCUT2D eigenvalue weighted by molar-refractivity contribution is 5.75. The van der Waals surface area contributed by atoms with Gasteiger partial charge >= 0.3 is 5.97 Å². The molecule has 2 N–H and O–H groups in total. The first-order valence-electron chi connectivity index (χ1n) is 5.84. The molecule has 0 amide bonds. The monoisotopic (exact) mass is 245 g/mol. The third-order valence-electron chi connectivity index (χ3n) is 2.85. The minimum absolute atomic E-state index is 0.489. The Bertz CT molecular complexity index is 549. The van der Waals surface area contributed by atoms with Crippen LogP contribution in [0, 0.1) is 6.92 Å². The number of aromatic nitrogens is 3. The molecule has 1 unspecified atom stereocenters. The molecule has 0 aromatic carbocycles. The standard InChI is InChI=1S/C13H15N3O2/c1-3-9(13(17)18)12-15-8(2)11(16-12)10-6-4-5-7-14-10/h4-7,9H,3H2,1-2H3,(H,15,16)(H,17,18). The largest absolute Gasteiger partial charge is 0.481 e. The predicted octanol–water partition coefficient (Wildman–Crippen LogP) is 2.36. The molecule has 0 radical (unpaired) electrons. The van der Waals surface area contributed by atoms with Crippen LogP contribution in [0.2, 0.25) is 0 Å². The number of pyridine rings is 1. The van der Waals surface area contributed by atoms with Gasteiger partial charge in [0.1, 0.15) is 17.4 Å². The molecule has 0 saturated carbocycles. The molecule has 0 aliphatic heterocycles. The number of carbonyl (C=O) groups is 1. The van der Waals surface area contributed by atoms with E-state index in [0.29, 0.717) is 17.9 Å². The van der Waals surface area contributed by atoms with Crippen molar-refractivity contribution >= 4 is 5.97 Å². The lowest BCUT2D eigenvalue weighted by Gasteiger charge is -2.04. The second-order valence-corrected chi connectivity index (χ2v) is 4.11. The molecule has 1 atom stereocenters. The zero-order valence-corrected chi connectivity index (χ0v) is 10.3. The van der Waals surface area contributed by atoms with E-state index < -0.39 is 11.9 Å². The number of hydrogen-bond donors (Lipinski definition) is 2. The van der Waals surface area contributed by atoms with Gasteiger partial charge in [-0.2, -0.15) is 0 Å². The maximum absolute atomic E-state index is 11.1. The summed E-state index contributed by atoms with van der Waals surface area (Å²) in [5.74, 6) is -0.969. The fourth-order valence-corrected chi connectivity index (χ4v) is 1.89. The molecule has 5 heteroatoms. The third-order valence-corrected chi connectivity index (χ3v) is 2.85. The first kappa shape index (κ1) is 12.3. The van der Waals surface area contributed by atoms with Gasteiger partial charge in [0, 0.05) is 11.9 Å². The van der Waals surface area contributed by atoms with Crippen molar-refractivity contribution in [1.29, 1.82) is 0 Å². The number of aromatic amines is 1. The third kappa shape index (κ3) is 2.25. The Hall–Kier alpha value is -2.17.